The largest absolute Gasteiger partial charge is 0.679 e. The highest BCUT2D eigenvalue weighted by Gasteiger charge is 2.44. The maximum absolute atomic E-state index is 5.79. The van der Waals surface area contributed by atoms with Gasteiger partial charge in [0.25, 0.3) is 0 Å². The van der Waals surface area contributed by atoms with E-state index in [-0.39, 0.29) is 0 Å². The molecule has 0 amide bonds. The molecule has 0 aliphatic carbocycles. The predicted octanol–water partition coefficient (Wildman–Crippen LogP) is 5.17. The number of benzene rings is 1. The van der Waals surface area contributed by atoms with Crippen LogP contribution in [0.15, 0.2) is 30.3 Å². The summed E-state index contributed by atoms with van der Waals surface area (Å²) in [6.07, 6.45) is 0. The van der Waals surface area contributed by atoms with Crippen LogP contribution in [0.5, 0.6) is 0 Å². The molecule has 0 heterocycles. The Kier molecular flexibility index (Phi) is 27.2. The molecular weight excluding hydrogens is 569 g/mol. The number of hydrogen-bond donors (Lipinski definition) is 0. The van der Waals surface area contributed by atoms with Crippen LogP contribution in [0.4, 0.5) is 0 Å². The second-order valence-electron chi connectivity index (χ2n) is 7.61. The van der Waals surface area contributed by atoms with Crippen molar-refractivity contribution in [1.82, 2.24) is 0 Å². The zero-order chi connectivity index (χ0) is 30.8. The van der Waals surface area contributed by atoms with E-state index in [1.165, 1.54) is 0 Å². The molecule has 0 aromatic heterocycles. The van der Waals surface area contributed by atoms with Crippen LogP contribution in [0.2, 0.25) is 6.55 Å². The van der Waals surface area contributed by atoms with E-state index in [1.807, 2.05) is 106 Å². The van der Waals surface area contributed by atoms with Gasteiger partial charge in [0.1, 0.15) is 0 Å². The lowest BCUT2D eigenvalue weighted by Gasteiger charge is -2.28. The number of hydrogen-bond acceptors (Lipinski definition) is 10. The fourth-order valence-corrected chi connectivity index (χ4v) is 9.68. The molecule has 238 valence electrons. The molecule has 40 heavy (non-hydrogen) atoms. The molecular formula is C27H58O10Si3. The third kappa shape index (κ3) is 17.4. The van der Waals surface area contributed by atoms with E-state index >= 15 is 0 Å². The van der Waals surface area contributed by atoms with Gasteiger partial charge < -0.3 is 44.3 Å². The van der Waals surface area contributed by atoms with E-state index in [1.54, 1.807) is 0 Å². The Morgan fingerprint density at radius 3 is 0.925 bits per heavy atom. The fraction of sp³-hybridized carbons (Fsp3) is 0.778. The van der Waals surface area contributed by atoms with Crippen LogP contribution in [0.1, 0.15) is 69.2 Å². The summed E-state index contributed by atoms with van der Waals surface area (Å²) in [7, 11) is -7.72. The summed E-state index contributed by atoms with van der Waals surface area (Å²) in [5, 5.41) is 1.03. The summed E-state index contributed by atoms with van der Waals surface area (Å²) in [5.41, 5.74) is 0. The average molecular weight is 627 g/mol. The first-order valence-electron chi connectivity index (χ1n) is 14.7. The van der Waals surface area contributed by atoms with Crippen molar-refractivity contribution in [2.45, 2.75) is 75.8 Å². The monoisotopic (exact) mass is 626 g/mol. The van der Waals surface area contributed by atoms with E-state index in [4.69, 9.17) is 44.3 Å². The van der Waals surface area contributed by atoms with E-state index in [0.717, 1.165) is 5.19 Å². The fourth-order valence-electron chi connectivity index (χ4n) is 3.46. The standard InChI is InChI=1S/C12H20O3Si.C8H20O4Si.C7H18O3Si/c1-4-13-16(14-5-2,15-6-3)12-10-8-7-9-11-12;1-5-9-13(10-6-2,11-7-3)12-8-4;1-5-8-11(4,9-6-2)10-7-3/h7-11H,4-6H2,1-3H3;5-8H2,1-4H3;5-7H2,1-4H3. The summed E-state index contributed by atoms with van der Waals surface area (Å²) < 4.78 is 55.3. The third-order valence-corrected chi connectivity index (χ3v) is 12.7. The lowest BCUT2D eigenvalue weighted by atomic mass is 10.4. The van der Waals surface area contributed by atoms with Crippen LogP contribution in [-0.2, 0) is 44.3 Å². The Labute approximate surface area is 248 Å². The molecule has 0 aliphatic heterocycles. The highest BCUT2D eigenvalue weighted by atomic mass is 28.4. The molecule has 1 aromatic carbocycles. The smallest absolute Gasteiger partial charge is 0.374 e. The van der Waals surface area contributed by atoms with Crippen molar-refractivity contribution >= 4 is 31.8 Å². The van der Waals surface area contributed by atoms with Crippen LogP contribution >= 0.6 is 0 Å². The molecule has 0 atom stereocenters. The van der Waals surface area contributed by atoms with Gasteiger partial charge in [0.2, 0.25) is 0 Å². The zero-order valence-corrected chi connectivity index (χ0v) is 30.0. The SMILES string of the molecule is CCO[Si](C)(OCC)OCC.CCO[Si](OCC)(OCC)OCC.CCO[Si](OCC)(OCC)c1ccccc1. The Hall–Kier alpha value is -0.529. The Morgan fingerprint density at radius 1 is 0.400 bits per heavy atom. The van der Waals surface area contributed by atoms with Gasteiger partial charge in [-0.3, -0.25) is 0 Å². The predicted molar refractivity (Wildman–Crippen MR) is 165 cm³/mol. The molecule has 10 nitrogen and oxygen atoms in total. The Balaban J connectivity index is 0. The van der Waals surface area contributed by atoms with Crippen molar-refractivity contribution in [3.63, 3.8) is 0 Å². The summed E-state index contributed by atoms with van der Waals surface area (Å²) >= 11 is 0. The van der Waals surface area contributed by atoms with Crippen molar-refractivity contribution < 1.29 is 44.3 Å². The molecule has 0 bridgehead atoms. The van der Waals surface area contributed by atoms with E-state index in [2.05, 4.69) is 0 Å². The quantitative estimate of drug-likeness (QED) is 0.170. The molecule has 0 saturated heterocycles. The van der Waals surface area contributed by atoms with Crippen molar-refractivity contribution in [3.05, 3.63) is 30.3 Å². The van der Waals surface area contributed by atoms with Crippen LogP contribution in [0.3, 0.4) is 0 Å². The van der Waals surface area contributed by atoms with Crippen molar-refractivity contribution in [1.29, 1.82) is 0 Å². The van der Waals surface area contributed by atoms with Gasteiger partial charge in [0.05, 0.1) is 0 Å². The van der Waals surface area contributed by atoms with Gasteiger partial charge in [-0.2, -0.15) is 0 Å². The van der Waals surface area contributed by atoms with E-state index in [9.17, 15) is 0 Å². The minimum Gasteiger partial charge on any atom is -0.374 e. The maximum atomic E-state index is 5.79. The molecule has 0 spiro atoms. The highest BCUT2D eigenvalue weighted by Crippen LogP contribution is 2.12. The lowest BCUT2D eigenvalue weighted by molar-refractivity contribution is -0.0247. The average Bonchev–Trinajstić information content (AvgIpc) is 2.91. The molecule has 0 unspecified atom stereocenters. The van der Waals surface area contributed by atoms with Gasteiger partial charge in [0, 0.05) is 77.8 Å². The Morgan fingerprint density at radius 2 is 0.675 bits per heavy atom. The van der Waals surface area contributed by atoms with Gasteiger partial charge in [-0.05, 0) is 69.2 Å². The van der Waals surface area contributed by atoms with Crippen LogP contribution in [0, 0.1) is 0 Å². The van der Waals surface area contributed by atoms with Gasteiger partial charge in [-0.15, -0.1) is 0 Å². The number of rotatable bonds is 21. The lowest BCUT2D eigenvalue weighted by Crippen LogP contribution is -2.56. The topological polar surface area (TPSA) is 92.3 Å². The Bertz CT molecular complexity index is 610. The zero-order valence-electron chi connectivity index (χ0n) is 27.0. The first kappa shape index (κ1) is 41.6. The van der Waals surface area contributed by atoms with Gasteiger partial charge in [-0.1, -0.05) is 30.3 Å². The van der Waals surface area contributed by atoms with Crippen molar-refractivity contribution in [3.8, 4) is 0 Å². The molecule has 0 fully saturated rings. The summed E-state index contributed by atoms with van der Waals surface area (Å²) in [6, 6.07) is 9.95. The summed E-state index contributed by atoms with van der Waals surface area (Å²) in [6.45, 7) is 27.2. The van der Waals surface area contributed by atoms with E-state index < -0.39 is 26.7 Å². The minimum absolute atomic E-state index is 0.548. The molecule has 0 saturated carbocycles. The first-order chi connectivity index (χ1) is 19.2. The molecule has 13 heteroatoms. The maximum Gasteiger partial charge on any atom is 0.679 e. The van der Waals surface area contributed by atoms with E-state index in [0.29, 0.717) is 66.1 Å². The van der Waals surface area contributed by atoms with Gasteiger partial charge in [0.15, 0.2) is 0 Å². The second-order valence-corrected chi connectivity index (χ2v) is 14.9. The van der Waals surface area contributed by atoms with Crippen LogP contribution < -0.4 is 5.19 Å². The van der Waals surface area contributed by atoms with Gasteiger partial charge >= 0.3 is 26.7 Å². The third-order valence-electron chi connectivity index (χ3n) is 4.63. The molecule has 0 aliphatic rings. The van der Waals surface area contributed by atoms with Crippen LogP contribution in [0.25, 0.3) is 0 Å². The second kappa shape index (κ2) is 26.1. The summed E-state index contributed by atoms with van der Waals surface area (Å²) in [5.74, 6) is 0. The molecule has 1 aromatic rings. The molecule has 0 N–H and O–H groups in total. The molecule has 0 radical (unpaired) electrons. The molecule has 1 rings (SSSR count). The van der Waals surface area contributed by atoms with Gasteiger partial charge in [-0.25, -0.2) is 0 Å². The van der Waals surface area contributed by atoms with Crippen molar-refractivity contribution in [2.24, 2.45) is 0 Å². The minimum atomic E-state index is -2.80. The highest BCUT2D eigenvalue weighted by molar-refractivity contribution is 6.75. The first-order valence-corrected chi connectivity index (χ1v) is 20.2. The van der Waals surface area contributed by atoms with Crippen molar-refractivity contribution in [2.75, 3.05) is 66.1 Å². The normalized spacial score (nSPS) is 11.9. The summed E-state index contributed by atoms with van der Waals surface area (Å²) in [4.78, 5) is 0. The van der Waals surface area contributed by atoms with Crippen LogP contribution in [-0.4, -0.2) is 92.7 Å².